The summed E-state index contributed by atoms with van der Waals surface area (Å²) < 4.78 is 0. The van der Waals surface area contributed by atoms with E-state index < -0.39 is 0 Å². The normalized spacial score (nSPS) is 4.67. The summed E-state index contributed by atoms with van der Waals surface area (Å²) in [7, 11) is 0. The molecule has 0 heterocycles. The van der Waals surface area contributed by atoms with Gasteiger partial charge in [-0.1, -0.05) is 13.8 Å². The molecule has 0 aliphatic rings. The van der Waals surface area contributed by atoms with Crippen molar-refractivity contribution in [3.8, 4) is 0 Å². The van der Waals surface area contributed by atoms with E-state index in [2.05, 4.69) is 20.3 Å². The summed E-state index contributed by atoms with van der Waals surface area (Å²) in [5.74, 6) is 0. The van der Waals surface area contributed by atoms with Crippen LogP contribution in [-0.4, -0.2) is 0 Å². The SMILES string of the molecule is CC[CH-]CC.[CH3-].[CH3-].[NH2-].[Pt+4]. The molecule has 0 atom stereocenters. The van der Waals surface area contributed by atoms with Crippen LogP contribution in [0.3, 0.4) is 0 Å². The molecule has 0 aromatic rings. The molecule has 0 radical (unpaired) electrons. The Hall–Kier alpha value is 0.648. The van der Waals surface area contributed by atoms with Gasteiger partial charge in [0.05, 0.1) is 0 Å². The molecule has 1 nitrogen and oxygen atoms in total. The number of hydrogen-bond donors (Lipinski definition) is 0. The molecule has 0 saturated carbocycles. The fourth-order valence-electron chi connectivity index (χ4n) is 0.289. The van der Waals surface area contributed by atoms with Gasteiger partial charge in [-0.2, -0.15) is 12.8 Å². The third-order valence-corrected chi connectivity index (χ3v) is 0.577. The predicted molar refractivity (Wildman–Crippen MR) is 43.0 cm³/mol. The van der Waals surface area contributed by atoms with Crippen LogP contribution < -0.4 is 0 Å². The second-order valence-electron chi connectivity index (χ2n) is 1.11. The largest absolute Gasteiger partial charge is 4.00 e. The van der Waals surface area contributed by atoms with Gasteiger partial charge in [0.1, 0.15) is 0 Å². The van der Waals surface area contributed by atoms with Crippen LogP contribution in [-0.2, 0) is 21.1 Å². The molecule has 0 aromatic carbocycles. The van der Waals surface area contributed by atoms with E-state index in [0.717, 1.165) is 0 Å². The first kappa shape index (κ1) is 33.4. The second kappa shape index (κ2) is 38.0. The summed E-state index contributed by atoms with van der Waals surface area (Å²) in [5.41, 5.74) is 0. The molecule has 0 unspecified atom stereocenters. The first-order chi connectivity index (χ1) is 2.41. The Morgan fingerprint density at radius 2 is 1.22 bits per heavy atom. The molecule has 0 aromatic heterocycles. The molecule has 0 amide bonds. The Bertz CT molecular complexity index is 16.4. The first-order valence-corrected chi connectivity index (χ1v) is 2.23. The van der Waals surface area contributed by atoms with Gasteiger partial charge in [-0.05, 0) is 0 Å². The van der Waals surface area contributed by atoms with Crippen LogP contribution in [0.2, 0.25) is 0 Å². The predicted octanol–water partition coefficient (Wildman–Crippen LogP) is 3.63. The number of unbranched alkanes of at least 4 members (excludes halogenated alkanes) is 2. The monoisotopic (exact) mass is 312 g/mol. The van der Waals surface area contributed by atoms with Crippen molar-refractivity contribution < 1.29 is 21.1 Å². The summed E-state index contributed by atoms with van der Waals surface area (Å²) in [5, 5.41) is 0. The van der Waals surface area contributed by atoms with Crippen LogP contribution in [0, 0.1) is 21.3 Å². The maximum Gasteiger partial charge on any atom is 4.00 e. The third-order valence-electron chi connectivity index (χ3n) is 0.577. The zero-order valence-electron chi connectivity index (χ0n) is 6.89. The van der Waals surface area contributed by atoms with Crippen LogP contribution in [0.25, 0.3) is 6.15 Å². The minimum Gasteiger partial charge on any atom is -0.693 e. The van der Waals surface area contributed by atoms with E-state index in [9.17, 15) is 0 Å². The van der Waals surface area contributed by atoms with Gasteiger partial charge in [0.25, 0.3) is 0 Å². The van der Waals surface area contributed by atoms with E-state index in [0.29, 0.717) is 0 Å². The van der Waals surface area contributed by atoms with Crippen molar-refractivity contribution in [2.24, 2.45) is 0 Å². The van der Waals surface area contributed by atoms with Gasteiger partial charge in [-0.25, -0.2) is 0 Å². The van der Waals surface area contributed by atoms with E-state index in [-0.39, 0.29) is 42.1 Å². The Labute approximate surface area is 75.5 Å². The average molecular weight is 312 g/mol. The number of rotatable bonds is 2. The fraction of sp³-hybridized carbons (Fsp3) is 0.571. The van der Waals surface area contributed by atoms with Gasteiger partial charge in [-0.15, -0.1) is 0 Å². The van der Waals surface area contributed by atoms with Crippen molar-refractivity contribution in [3.05, 3.63) is 27.4 Å². The molecule has 62 valence electrons. The Morgan fingerprint density at radius 3 is 1.22 bits per heavy atom. The minimum atomic E-state index is 0. The summed E-state index contributed by atoms with van der Waals surface area (Å²) in [6.45, 7) is 4.31. The summed E-state index contributed by atoms with van der Waals surface area (Å²) >= 11 is 0. The average Bonchev–Trinajstić information content (AvgIpc) is 1.41. The zero-order valence-corrected chi connectivity index (χ0v) is 9.16. The minimum absolute atomic E-state index is 0. The van der Waals surface area contributed by atoms with Crippen LogP contribution in [0.4, 0.5) is 0 Å². The number of hydrogen-bond acceptors (Lipinski definition) is 0. The molecule has 0 aliphatic carbocycles. The van der Waals surface area contributed by atoms with Gasteiger partial charge < -0.3 is 27.4 Å². The Morgan fingerprint density at radius 1 is 1.00 bits per heavy atom. The van der Waals surface area contributed by atoms with E-state index in [1.165, 1.54) is 12.8 Å². The third kappa shape index (κ3) is 54.5. The molecule has 0 fully saturated rings. The molecular weight excluding hydrogens is 293 g/mol. The Balaban J connectivity index is -0.0000000133. The summed E-state index contributed by atoms with van der Waals surface area (Å²) in [4.78, 5) is 0. The fourth-order valence-corrected chi connectivity index (χ4v) is 0.289. The number of nitrogens with two attached hydrogens (primary N) is 1. The molecule has 0 saturated heterocycles. The topological polar surface area (TPSA) is 33.5 Å². The molecule has 2 N–H and O–H groups in total. The Kier molecular flexibility index (Phi) is 141. The molecule has 9 heavy (non-hydrogen) atoms. The maximum atomic E-state index is 2.25. The molecule has 2 heteroatoms. The first-order valence-electron chi connectivity index (χ1n) is 2.23. The van der Waals surface area contributed by atoms with Gasteiger partial charge in [-0.3, -0.25) is 0 Å². The van der Waals surface area contributed by atoms with Crippen LogP contribution in [0.15, 0.2) is 0 Å². The standard InChI is InChI=1S/C5H11.2CH3.H2N.Pt/c1-3-5-4-2;;;;/h5H,3-4H2,1-2H3;2*1H3;1H2;/q4*-1;+4. The smallest absolute Gasteiger partial charge is 0.693 e. The maximum absolute atomic E-state index is 2.25. The quantitative estimate of drug-likeness (QED) is 0.698. The van der Waals surface area contributed by atoms with Gasteiger partial charge in [0.2, 0.25) is 0 Å². The van der Waals surface area contributed by atoms with Crippen molar-refractivity contribution in [1.82, 2.24) is 0 Å². The van der Waals surface area contributed by atoms with E-state index >= 15 is 0 Å². The molecule has 0 spiro atoms. The van der Waals surface area contributed by atoms with Crippen molar-refractivity contribution >= 4 is 0 Å². The molecule has 0 aliphatic heterocycles. The van der Waals surface area contributed by atoms with E-state index in [4.69, 9.17) is 0 Å². The van der Waals surface area contributed by atoms with E-state index in [1.54, 1.807) is 0 Å². The van der Waals surface area contributed by atoms with Gasteiger partial charge in [0.15, 0.2) is 0 Å². The molecule has 0 rings (SSSR count). The summed E-state index contributed by atoms with van der Waals surface area (Å²) in [6, 6.07) is 0. The van der Waals surface area contributed by atoms with E-state index in [1.807, 2.05) is 0 Å². The van der Waals surface area contributed by atoms with Crippen LogP contribution >= 0.6 is 0 Å². The van der Waals surface area contributed by atoms with Gasteiger partial charge >= 0.3 is 21.1 Å². The molecular formula is C7H19NPt. The van der Waals surface area contributed by atoms with Gasteiger partial charge in [0, 0.05) is 0 Å². The van der Waals surface area contributed by atoms with Crippen molar-refractivity contribution in [1.29, 1.82) is 0 Å². The zero-order chi connectivity index (χ0) is 4.12. The van der Waals surface area contributed by atoms with Crippen molar-refractivity contribution in [3.63, 3.8) is 0 Å². The molecule has 0 bridgehead atoms. The van der Waals surface area contributed by atoms with Crippen molar-refractivity contribution in [2.75, 3.05) is 0 Å². The van der Waals surface area contributed by atoms with Crippen molar-refractivity contribution in [2.45, 2.75) is 26.7 Å². The second-order valence-corrected chi connectivity index (χ2v) is 1.11. The van der Waals surface area contributed by atoms with Crippen LogP contribution in [0.5, 0.6) is 0 Å². The summed E-state index contributed by atoms with van der Waals surface area (Å²) in [6.07, 6.45) is 4.69. The van der Waals surface area contributed by atoms with Crippen LogP contribution in [0.1, 0.15) is 26.7 Å².